The number of aliphatic hydroxyl groups excluding tert-OH is 1. The number of hydrogen-bond acceptors (Lipinski definition) is 4. The highest BCUT2D eigenvalue weighted by Gasteiger charge is 2.31. The summed E-state index contributed by atoms with van der Waals surface area (Å²) in [7, 11) is 1.63. The number of benzene rings is 2. The summed E-state index contributed by atoms with van der Waals surface area (Å²) in [6, 6.07) is 18.6. The van der Waals surface area contributed by atoms with E-state index in [1.54, 1.807) is 18.9 Å². The minimum atomic E-state index is -0.638. The molecule has 1 aliphatic rings. The molecular formula is C21H24O3S. The van der Waals surface area contributed by atoms with E-state index in [1.807, 2.05) is 24.3 Å². The van der Waals surface area contributed by atoms with Crippen LogP contribution in [0.3, 0.4) is 0 Å². The zero-order valence-electron chi connectivity index (χ0n) is 14.6. The molecule has 0 saturated heterocycles. The van der Waals surface area contributed by atoms with Crippen molar-refractivity contribution < 1.29 is 14.6 Å². The average molecular weight is 356 g/mol. The molecule has 1 unspecified atom stereocenters. The molecule has 0 aromatic heterocycles. The summed E-state index contributed by atoms with van der Waals surface area (Å²) in [5, 5.41) is 10.8. The maximum atomic E-state index is 10.8. The lowest BCUT2D eigenvalue weighted by molar-refractivity contribution is -0.160. The van der Waals surface area contributed by atoms with Crippen molar-refractivity contribution in [3.05, 3.63) is 76.7 Å². The molecular weight excluding hydrogens is 332 g/mol. The number of ether oxygens (including phenoxy) is 2. The highest BCUT2D eigenvalue weighted by Crippen LogP contribution is 2.35. The molecule has 2 aromatic carbocycles. The number of aliphatic hydroxyl groups is 1. The van der Waals surface area contributed by atoms with Gasteiger partial charge in [-0.05, 0) is 43.5 Å². The quantitative estimate of drug-likeness (QED) is 0.836. The van der Waals surface area contributed by atoms with Crippen molar-refractivity contribution in [1.29, 1.82) is 0 Å². The van der Waals surface area contributed by atoms with Gasteiger partial charge in [-0.1, -0.05) is 59.8 Å². The van der Waals surface area contributed by atoms with Crippen LogP contribution < -0.4 is 0 Å². The summed E-state index contributed by atoms with van der Waals surface area (Å²) in [4.78, 5) is 1.99. The number of rotatable bonds is 6. The van der Waals surface area contributed by atoms with Crippen LogP contribution in [0.2, 0.25) is 0 Å². The molecule has 2 aromatic rings. The second kappa shape index (κ2) is 8.68. The minimum absolute atomic E-state index is 0.275. The Balaban J connectivity index is 1.69. The van der Waals surface area contributed by atoms with Crippen molar-refractivity contribution in [3.63, 3.8) is 0 Å². The van der Waals surface area contributed by atoms with Crippen molar-refractivity contribution in [3.8, 4) is 0 Å². The van der Waals surface area contributed by atoms with Crippen LogP contribution in [-0.2, 0) is 15.9 Å². The maximum Gasteiger partial charge on any atom is 0.178 e. The van der Waals surface area contributed by atoms with E-state index in [-0.39, 0.29) is 6.10 Å². The fraction of sp³-hybridized carbons (Fsp3) is 0.333. The first kappa shape index (κ1) is 18.2. The molecule has 3 rings (SSSR count). The predicted octanol–water partition coefficient (Wildman–Crippen LogP) is 4.34. The van der Waals surface area contributed by atoms with Crippen molar-refractivity contribution >= 4 is 11.8 Å². The van der Waals surface area contributed by atoms with Crippen molar-refractivity contribution in [2.75, 3.05) is 7.11 Å². The number of aryl methyl sites for hydroxylation is 2. The molecule has 0 spiro atoms. The molecule has 1 heterocycles. The first-order valence-electron chi connectivity index (χ1n) is 8.52. The van der Waals surface area contributed by atoms with Crippen LogP contribution in [0.25, 0.3) is 0 Å². The van der Waals surface area contributed by atoms with Gasteiger partial charge in [-0.15, -0.1) is 0 Å². The monoisotopic (exact) mass is 356 g/mol. The third-order valence-corrected chi connectivity index (χ3v) is 5.42. The van der Waals surface area contributed by atoms with Gasteiger partial charge in [-0.25, -0.2) is 0 Å². The van der Waals surface area contributed by atoms with Crippen molar-refractivity contribution in [2.45, 2.75) is 43.2 Å². The zero-order valence-corrected chi connectivity index (χ0v) is 15.4. The standard InChI is InChI=1S/C21H24O3S/c1-15-8-11-17(12-9-15)25-19-14-20(23-2)24-18(21(19)22)13-10-16-6-4-3-5-7-16/h3-9,11-12,14,18,20-22H,10,13H2,1-2H3/t18-,20?,21+/m0/s1. The molecule has 25 heavy (non-hydrogen) atoms. The van der Waals surface area contributed by atoms with Crippen LogP contribution in [0.1, 0.15) is 17.5 Å². The predicted molar refractivity (Wildman–Crippen MR) is 102 cm³/mol. The molecule has 1 N–H and O–H groups in total. The van der Waals surface area contributed by atoms with Gasteiger partial charge in [-0.2, -0.15) is 0 Å². The highest BCUT2D eigenvalue weighted by atomic mass is 32.2. The van der Waals surface area contributed by atoms with Gasteiger partial charge < -0.3 is 14.6 Å². The summed E-state index contributed by atoms with van der Waals surface area (Å²) in [5.41, 5.74) is 2.47. The second-order valence-electron chi connectivity index (χ2n) is 6.23. The Bertz CT molecular complexity index is 697. The molecule has 0 amide bonds. The molecule has 0 bridgehead atoms. The van der Waals surface area contributed by atoms with Gasteiger partial charge in [0.15, 0.2) is 6.29 Å². The Morgan fingerprint density at radius 2 is 1.80 bits per heavy atom. The first-order chi connectivity index (χ1) is 12.2. The minimum Gasteiger partial charge on any atom is -0.385 e. The molecule has 132 valence electrons. The van der Waals surface area contributed by atoms with E-state index in [0.717, 1.165) is 22.6 Å². The Labute approximate surface area is 153 Å². The van der Waals surface area contributed by atoms with E-state index >= 15 is 0 Å². The largest absolute Gasteiger partial charge is 0.385 e. The summed E-state index contributed by atoms with van der Waals surface area (Å²) in [5.74, 6) is 0. The Kier molecular flexibility index (Phi) is 6.32. The third kappa shape index (κ3) is 4.95. The fourth-order valence-electron chi connectivity index (χ4n) is 2.84. The van der Waals surface area contributed by atoms with Gasteiger partial charge in [-0.3, -0.25) is 0 Å². The SMILES string of the molecule is COC1C=C(Sc2ccc(C)cc2)[C@H](O)[C@H](CCc2ccccc2)O1. The lowest BCUT2D eigenvalue weighted by Gasteiger charge is -2.32. The van der Waals surface area contributed by atoms with Gasteiger partial charge in [0.05, 0.1) is 6.10 Å². The Hall–Kier alpha value is -1.59. The molecule has 0 radical (unpaired) electrons. The van der Waals surface area contributed by atoms with Crippen molar-refractivity contribution in [1.82, 2.24) is 0 Å². The van der Waals surface area contributed by atoms with Crippen LogP contribution in [0, 0.1) is 6.92 Å². The zero-order chi connectivity index (χ0) is 17.6. The van der Waals surface area contributed by atoms with Crippen LogP contribution in [0.15, 0.2) is 70.5 Å². The fourth-order valence-corrected chi connectivity index (χ4v) is 3.84. The van der Waals surface area contributed by atoms with E-state index in [2.05, 4.69) is 43.3 Å². The molecule has 1 aliphatic heterocycles. The van der Waals surface area contributed by atoms with Gasteiger partial charge in [0, 0.05) is 16.9 Å². The average Bonchev–Trinajstić information content (AvgIpc) is 2.65. The maximum absolute atomic E-state index is 10.8. The lowest BCUT2D eigenvalue weighted by Crippen LogP contribution is -2.38. The topological polar surface area (TPSA) is 38.7 Å². The molecule has 0 fully saturated rings. The normalized spacial score (nSPS) is 23.3. The molecule has 0 aliphatic carbocycles. The van der Waals surface area contributed by atoms with Gasteiger partial charge in [0.25, 0.3) is 0 Å². The Morgan fingerprint density at radius 1 is 1.08 bits per heavy atom. The number of methoxy groups -OCH3 is 1. The van der Waals surface area contributed by atoms with Crippen LogP contribution in [0.4, 0.5) is 0 Å². The van der Waals surface area contributed by atoms with Crippen LogP contribution in [0.5, 0.6) is 0 Å². The molecule has 3 atom stereocenters. The first-order valence-corrected chi connectivity index (χ1v) is 9.34. The third-order valence-electron chi connectivity index (χ3n) is 4.30. The van der Waals surface area contributed by atoms with E-state index < -0.39 is 12.4 Å². The Morgan fingerprint density at radius 3 is 2.48 bits per heavy atom. The number of hydrogen-bond donors (Lipinski definition) is 1. The smallest absolute Gasteiger partial charge is 0.178 e. The second-order valence-corrected chi connectivity index (χ2v) is 7.38. The summed E-state index contributed by atoms with van der Waals surface area (Å²) >= 11 is 1.58. The van der Waals surface area contributed by atoms with Gasteiger partial charge in [0.2, 0.25) is 0 Å². The van der Waals surface area contributed by atoms with E-state index in [0.29, 0.717) is 0 Å². The van der Waals surface area contributed by atoms with Crippen LogP contribution in [-0.4, -0.2) is 30.7 Å². The van der Waals surface area contributed by atoms with E-state index in [1.165, 1.54) is 11.1 Å². The highest BCUT2D eigenvalue weighted by molar-refractivity contribution is 8.03. The summed E-state index contributed by atoms with van der Waals surface area (Å²) < 4.78 is 11.3. The number of thioether (sulfide) groups is 1. The summed E-state index contributed by atoms with van der Waals surface area (Å²) in [6.45, 7) is 2.07. The van der Waals surface area contributed by atoms with E-state index in [9.17, 15) is 5.11 Å². The van der Waals surface area contributed by atoms with Gasteiger partial charge >= 0.3 is 0 Å². The van der Waals surface area contributed by atoms with Crippen molar-refractivity contribution in [2.24, 2.45) is 0 Å². The van der Waals surface area contributed by atoms with Gasteiger partial charge in [0.1, 0.15) is 6.10 Å². The van der Waals surface area contributed by atoms with Crippen LogP contribution >= 0.6 is 11.8 Å². The molecule has 4 heteroatoms. The molecule has 3 nitrogen and oxygen atoms in total. The lowest BCUT2D eigenvalue weighted by atomic mass is 10.0. The van der Waals surface area contributed by atoms with E-state index in [4.69, 9.17) is 9.47 Å². The molecule has 0 saturated carbocycles. The summed E-state index contributed by atoms with van der Waals surface area (Å²) in [6.07, 6.45) is 2.15.